The van der Waals surface area contributed by atoms with Crippen molar-refractivity contribution in [3.05, 3.63) is 40.2 Å². The Balaban J connectivity index is 1.41. The van der Waals surface area contributed by atoms with E-state index in [9.17, 15) is 9.59 Å². The van der Waals surface area contributed by atoms with Crippen LogP contribution in [0.3, 0.4) is 0 Å². The number of ether oxygens (including phenoxy) is 24. The number of hydrogen-bond donors (Lipinski definition) is 1. The Labute approximate surface area is 538 Å². The molecule has 1 N–H and O–H groups in total. The van der Waals surface area contributed by atoms with E-state index in [1.54, 1.807) is 20.1 Å². The number of fused-ring (bicyclic) bond motifs is 1. The molecular weight excluding hydrogens is 1210 g/mol. The highest BCUT2D eigenvalue weighted by Crippen LogP contribution is 2.23. The van der Waals surface area contributed by atoms with Crippen molar-refractivity contribution in [1.82, 2.24) is 0 Å². The molecule has 0 saturated carbocycles. The number of rotatable bonds is 75. The number of carbonyl (C=O) groups is 1. The fourth-order valence-electron chi connectivity index (χ4n) is 7.36. The highest BCUT2D eigenvalue weighted by molar-refractivity contribution is 5.93. The van der Waals surface area contributed by atoms with E-state index in [4.69, 9.17) is 123 Å². The van der Waals surface area contributed by atoms with Crippen LogP contribution >= 0.6 is 0 Å². The summed E-state index contributed by atoms with van der Waals surface area (Å²) in [6, 6.07) is 7.00. The van der Waals surface area contributed by atoms with E-state index < -0.39 is 11.6 Å². The van der Waals surface area contributed by atoms with E-state index in [0.29, 0.717) is 328 Å². The molecule has 2 aromatic rings. The zero-order chi connectivity index (χ0) is 64.9. The Morgan fingerprint density at radius 3 is 0.923 bits per heavy atom. The first-order valence-corrected chi connectivity index (χ1v) is 31.9. The van der Waals surface area contributed by atoms with Gasteiger partial charge in [-0.15, -0.1) is 0 Å². The van der Waals surface area contributed by atoms with Gasteiger partial charge in [-0.2, -0.15) is 0 Å². The Bertz CT molecular complexity index is 1820. The first kappa shape index (κ1) is 83.8. The Morgan fingerprint density at radius 2 is 0.637 bits per heavy atom. The molecule has 0 radical (unpaired) electrons. The van der Waals surface area contributed by atoms with Gasteiger partial charge in [0.1, 0.15) is 11.1 Å². The molecule has 0 amide bonds. The third-order valence-corrected chi connectivity index (χ3v) is 11.9. The van der Waals surface area contributed by atoms with Gasteiger partial charge in [-0.25, -0.2) is 9.59 Å². The molecule has 0 unspecified atom stereocenters. The molecule has 1 aromatic carbocycles. The summed E-state index contributed by atoms with van der Waals surface area (Å²) in [6.07, 6.45) is 0.707. The second-order valence-electron chi connectivity index (χ2n) is 18.9. The molecule has 0 bridgehead atoms. The first-order valence-electron chi connectivity index (χ1n) is 31.9. The molecule has 0 fully saturated rings. The molecule has 1 aromatic heterocycles. The van der Waals surface area contributed by atoms with Crippen molar-refractivity contribution in [2.24, 2.45) is 0 Å². The average molecular weight is 1320 g/mol. The maximum absolute atomic E-state index is 12.7. The molecule has 0 saturated heterocycles. The van der Waals surface area contributed by atoms with E-state index in [1.165, 1.54) is 6.07 Å². The van der Waals surface area contributed by atoms with Gasteiger partial charge in [-0.05, 0) is 31.5 Å². The lowest BCUT2D eigenvalue weighted by atomic mass is 10.1. The minimum absolute atomic E-state index is 0.0100. The van der Waals surface area contributed by atoms with E-state index in [0.717, 1.165) is 5.69 Å². The van der Waals surface area contributed by atoms with Gasteiger partial charge in [0.25, 0.3) is 0 Å². The number of methoxy groups -OCH3 is 1. The third-order valence-electron chi connectivity index (χ3n) is 11.9. The van der Waals surface area contributed by atoms with Crippen molar-refractivity contribution in [2.45, 2.75) is 13.3 Å². The molecule has 532 valence electrons. The largest absolute Gasteiger partial charge is 0.462 e. The number of aliphatic hydroxyl groups is 1. The minimum atomic E-state index is -0.758. The number of esters is 1. The van der Waals surface area contributed by atoms with Crippen LogP contribution in [0.25, 0.3) is 11.0 Å². The fraction of sp³-hybridized carbons (Fsp3) is 0.839. The molecular formula is C62H111NO28. The van der Waals surface area contributed by atoms with Crippen LogP contribution in [0.15, 0.2) is 33.5 Å². The number of benzene rings is 1. The van der Waals surface area contributed by atoms with Gasteiger partial charge >= 0.3 is 11.6 Å². The van der Waals surface area contributed by atoms with Crippen molar-refractivity contribution in [3.8, 4) is 0 Å². The number of aliphatic hydroxyl groups excluding tert-OH is 1. The van der Waals surface area contributed by atoms with Crippen molar-refractivity contribution < 1.29 is 128 Å². The lowest BCUT2D eigenvalue weighted by Gasteiger charge is -2.25. The molecule has 0 atom stereocenters. The maximum atomic E-state index is 12.7. The van der Waals surface area contributed by atoms with E-state index >= 15 is 0 Å². The minimum Gasteiger partial charge on any atom is -0.462 e. The van der Waals surface area contributed by atoms with Gasteiger partial charge in [-0.1, -0.05) is 0 Å². The Morgan fingerprint density at radius 1 is 0.363 bits per heavy atom. The van der Waals surface area contributed by atoms with Crippen LogP contribution in [0.4, 0.5) is 5.69 Å². The molecule has 1 heterocycles. The molecule has 0 aliphatic heterocycles. The Kier molecular flexibility index (Phi) is 62.8. The highest BCUT2D eigenvalue weighted by Gasteiger charge is 2.16. The standard InChI is InChI=1S/C62H111NO28/c1-3-90-61(65)59-55-57-5-6-58(56-60(57)91-62(59)66)63(7-4-10-68-15-18-72-23-26-76-31-34-80-39-42-84-47-50-88-52-49-86-44-41-82-36-33-78-28-25-74-20-17-70-12-9-64)8-11-69-16-19-73-24-27-77-32-35-81-40-43-85-48-51-89-54-53-87-46-45-83-38-37-79-30-29-75-22-21-71-14-13-67-2/h5-6,55-56,64H,3-4,7-54H2,1-2H3. The third kappa shape index (κ3) is 54.7. The van der Waals surface area contributed by atoms with Gasteiger partial charge in [0.05, 0.1) is 304 Å². The second kappa shape index (κ2) is 68.1. The summed E-state index contributed by atoms with van der Waals surface area (Å²) in [5, 5.41) is 9.24. The molecule has 0 aliphatic carbocycles. The van der Waals surface area contributed by atoms with Gasteiger partial charge in [-0.3, -0.25) is 0 Å². The predicted octanol–water partition coefficient (Wildman–Crippen LogP) is 2.17. The highest BCUT2D eigenvalue weighted by atomic mass is 16.6. The maximum Gasteiger partial charge on any atom is 0.351 e. The Hall–Kier alpha value is -3.26. The molecule has 29 nitrogen and oxygen atoms in total. The number of anilines is 1. The van der Waals surface area contributed by atoms with Gasteiger partial charge < -0.3 is 128 Å². The van der Waals surface area contributed by atoms with Crippen molar-refractivity contribution in [1.29, 1.82) is 0 Å². The van der Waals surface area contributed by atoms with Crippen LogP contribution in [0, 0.1) is 0 Å². The lowest BCUT2D eigenvalue weighted by Crippen LogP contribution is -2.30. The molecule has 0 aliphatic rings. The predicted molar refractivity (Wildman–Crippen MR) is 332 cm³/mol. The SMILES string of the molecule is CCOC(=O)c1cc2ccc(N(CCCOCCOCCOCCOCCOCCOCCOCCOCCOCCOCCOCCO)CCOCCOCCOCCOCCOCCOCCOCCOCCOCCOCCOCCOC)cc2oc1=O. The summed E-state index contributed by atoms with van der Waals surface area (Å²) in [5.41, 5.74) is 0.265. The monoisotopic (exact) mass is 1320 g/mol. The van der Waals surface area contributed by atoms with Crippen LogP contribution in [0.2, 0.25) is 0 Å². The van der Waals surface area contributed by atoms with Crippen LogP contribution in [0.5, 0.6) is 0 Å². The smallest absolute Gasteiger partial charge is 0.351 e. The normalized spacial score (nSPS) is 11.7. The van der Waals surface area contributed by atoms with Gasteiger partial charge in [0.15, 0.2) is 0 Å². The quantitative estimate of drug-likeness (QED) is 0.0564. The van der Waals surface area contributed by atoms with Crippen LogP contribution < -0.4 is 10.5 Å². The summed E-state index contributed by atoms with van der Waals surface area (Å²) in [7, 11) is 1.64. The van der Waals surface area contributed by atoms with Gasteiger partial charge in [0.2, 0.25) is 0 Å². The van der Waals surface area contributed by atoms with Crippen molar-refractivity contribution in [3.63, 3.8) is 0 Å². The van der Waals surface area contributed by atoms with Gasteiger partial charge in [0, 0.05) is 43.9 Å². The van der Waals surface area contributed by atoms with Crippen molar-refractivity contribution >= 4 is 22.6 Å². The number of carbonyl (C=O) groups excluding carboxylic acids is 1. The summed E-state index contributed by atoms with van der Waals surface area (Å²) in [6.45, 7) is 24.0. The number of hydrogen-bond acceptors (Lipinski definition) is 29. The average Bonchev–Trinajstić information content (AvgIpc) is 1.04. The first-order chi connectivity index (χ1) is 45.1. The zero-order valence-electron chi connectivity index (χ0n) is 54.6. The van der Waals surface area contributed by atoms with E-state index in [1.807, 2.05) is 12.1 Å². The van der Waals surface area contributed by atoms with Crippen molar-refractivity contribution in [2.75, 3.05) is 336 Å². The molecule has 29 heteroatoms. The van der Waals surface area contributed by atoms with Crippen LogP contribution in [0.1, 0.15) is 23.7 Å². The lowest BCUT2D eigenvalue weighted by molar-refractivity contribution is -0.0279. The summed E-state index contributed by atoms with van der Waals surface area (Å²) >= 11 is 0. The molecule has 2 rings (SSSR count). The zero-order valence-corrected chi connectivity index (χ0v) is 54.6. The summed E-state index contributed by atoms with van der Waals surface area (Å²) < 4.78 is 137. The van der Waals surface area contributed by atoms with E-state index in [-0.39, 0.29) is 18.8 Å². The topological polar surface area (TPSA) is 292 Å². The molecule has 0 spiro atoms. The second-order valence-corrected chi connectivity index (χ2v) is 18.9. The van der Waals surface area contributed by atoms with E-state index in [2.05, 4.69) is 4.90 Å². The summed E-state index contributed by atoms with van der Waals surface area (Å²) in [4.78, 5) is 27.1. The summed E-state index contributed by atoms with van der Waals surface area (Å²) in [5.74, 6) is -0.723. The molecule has 91 heavy (non-hydrogen) atoms. The number of nitrogens with zero attached hydrogens (tertiary/aromatic N) is 1. The fourth-order valence-corrected chi connectivity index (χ4v) is 7.36. The van der Waals surface area contributed by atoms with Crippen LogP contribution in [-0.4, -0.2) is 342 Å². The van der Waals surface area contributed by atoms with Crippen LogP contribution in [-0.2, 0) is 114 Å².